The third-order valence-corrected chi connectivity index (χ3v) is 5.71. The van der Waals surface area contributed by atoms with Crippen LogP contribution in [0.25, 0.3) is 17.2 Å². The highest BCUT2D eigenvalue weighted by molar-refractivity contribution is 9.10. The van der Waals surface area contributed by atoms with Crippen LogP contribution in [0.1, 0.15) is 43.0 Å². The lowest BCUT2D eigenvalue weighted by Crippen LogP contribution is -2.42. The van der Waals surface area contributed by atoms with Crippen molar-refractivity contribution in [1.29, 1.82) is 5.26 Å². The molecule has 0 bridgehead atoms. The SMILES string of the molecule is CC1=CC(C)(C)N(C)c2cc(C)c(/C=C(/C#N)c3ccc(Br)cc3)cc21. The van der Waals surface area contributed by atoms with Gasteiger partial charge in [0.15, 0.2) is 0 Å². The van der Waals surface area contributed by atoms with Crippen LogP contribution in [0, 0.1) is 18.3 Å². The summed E-state index contributed by atoms with van der Waals surface area (Å²) < 4.78 is 1.01. The lowest BCUT2D eigenvalue weighted by atomic mass is 9.87. The van der Waals surface area contributed by atoms with E-state index in [4.69, 9.17) is 0 Å². The molecule has 0 fully saturated rings. The summed E-state index contributed by atoms with van der Waals surface area (Å²) in [6.07, 6.45) is 4.30. The fourth-order valence-electron chi connectivity index (χ4n) is 3.44. The Bertz CT molecular complexity index is 957. The van der Waals surface area contributed by atoms with Gasteiger partial charge in [-0.25, -0.2) is 0 Å². The number of likely N-dealkylation sites (N-methyl/N-ethyl adjacent to an activating group) is 1. The zero-order valence-corrected chi connectivity index (χ0v) is 17.5. The van der Waals surface area contributed by atoms with Crippen LogP contribution >= 0.6 is 15.9 Å². The molecule has 3 heteroatoms. The quantitative estimate of drug-likeness (QED) is 0.422. The number of aryl methyl sites for hydroxylation is 1. The van der Waals surface area contributed by atoms with E-state index in [0.29, 0.717) is 5.57 Å². The lowest BCUT2D eigenvalue weighted by Gasteiger charge is -2.41. The van der Waals surface area contributed by atoms with Gasteiger partial charge in [0.05, 0.1) is 17.2 Å². The van der Waals surface area contributed by atoms with Crippen molar-refractivity contribution in [2.24, 2.45) is 0 Å². The molecule has 0 atom stereocenters. The molecular formula is C23H23BrN2. The summed E-state index contributed by atoms with van der Waals surface area (Å²) in [6, 6.07) is 14.6. The summed E-state index contributed by atoms with van der Waals surface area (Å²) in [6.45, 7) is 8.72. The van der Waals surface area contributed by atoms with Crippen LogP contribution in [-0.4, -0.2) is 12.6 Å². The van der Waals surface area contributed by atoms with E-state index in [1.165, 1.54) is 22.4 Å². The Kier molecular flexibility index (Phi) is 4.82. The molecule has 132 valence electrons. The molecule has 2 aromatic carbocycles. The van der Waals surface area contributed by atoms with Crippen molar-refractivity contribution >= 4 is 38.8 Å². The molecule has 0 N–H and O–H groups in total. The van der Waals surface area contributed by atoms with Gasteiger partial charge in [-0.05, 0) is 80.3 Å². The Balaban J connectivity index is 2.12. The number of anilines is 1. The van der Waals surface area contributed by atoms with Crippen LogP contribution in [0.5, 0.6) is 0 Å². The van der Waals surface area contributed by atoms with Crippen LogP contribution in [0.3, 0.4) is 0 Å². The van der Waals surface area contributed by atoms with Crippen LogP contribution in [0.2, 0.25) is 0 Å². The van der Waals surface area contributed by atoms with E-state index in [1.807, 2.05) is 30.3 Å². The topological polar surface area (TPSA) is 27.0 Å². The molecule has 0 amide bonds. The number of allylic oxidation sites excluding steroid dienone is 2. The van der Waals surface area contributed by atoms with Crippen LogP contribution in [0.4, 0.5) is 5.69 Å². The predicted octanol–water partition coefficient (Wildman–Crippen LogP) is 6.45. The van der Waals surface area contributed by atoms with E-state index in [9.17, 15) is 5.26 Å². The van der Waals surface area contributed by atoms with Gasteiger partial charge in [-0.1, -0.05) is 34.1 Å². The zero-order valence-electron chi connectivity index (χ0n) is 15.9. The Hall–Kier alpha value is -2.31. The number of hydrogen-bond acceptors (Lipinski definition) is 2. The minimum Gasteiger partial charge on any atom is -0.365 e. The molecule has 0 saturated carbocycles. The first-order valence-corrected chi connectivity index (χ1v) is 9.48. The molecule has 0 aliphatic carbocycles. The van der Waals surface area contributed by atoms with Gasteiger partial charge in [-0.2, -0.15) is 5.26 Å². The standard InChI is InChI=1S/C23H23BrN2/c1-15-10-22-21(16(2)13-23(3,4)26(22)5)12-18(15)11-19(14-25)17-6-8-20(24)9-7-17/h6-13H,1-5H3/b19-11-. The highest BCUT2D eigenvalue weighted by Gasteiger charge is 2.28. The highest BCUT2D eigenvalue weighted by atomic mass is 79.9. The van der Waals surface area contributed by atoms with Crippen molar-refractivity contribution in [3.05, 3.63) is 69.2 Å². The molecule has 1 aliphatic heterocycles. The van der Waals surface area contributed by atoms with Crippen LogP contribution < -0.4 is 4.90 Å². The van der Waals surface area contributed by atoms with Crippen molar-refractivity contribution in [1.82, 2.24) is 0 Å². The monoisotopic (exact) mass is 406 g/mol. The first-order valence-electron chi connectivity index (χ1n) is 8.69. The fourth-order valence-corrected chi connectivity index (χ4v) is 3.70. The van der Waals surface area contributed by atoms with Crippen molar-refractivity contribution in [3.63, 3.8) is 0 Å². The van der Waals surface area contributed by atoms with E-state index in [0.717, 1.165) is 15.6 Å². The van der Waals surface area contributed by atoms with Gasteiger partial charge in [0.25, 0.3) is 0 Å². The van der Waals surface area contributed by atoms with E-state index in [-0.39, 0.29) is 5.54 Å². The first-order chi connectivity index (χ1) is 12.2. The Morgan fingerprint density at radius 2 is 1.81 bits per heavy atom. The summed E-state index contributed by atoms with van der Waals surface area (Å²) in [7, 11) is 2.14. The largest absolute Gasteiger partial charge is 0.365 e. The summed E-state index contributed by atoms with van der Waals surface area (Å²) >= 11 is 3.44. The maximum atomic E-state index is 9.65. The average molecular weight is 407 g/mol. The summed E-state index contributed by atoms with van der Waals surface area (Å²) in [5.74, 6) is 0. The minimum atomic E-state index is -0.00385. The molecule has 0 spiro atoms. The summed E-state index contributed by atoms with van der Waals surface area (Å²) in [5.41, 5.74) is 7.61. The van der Waals surface area contributed by atoms with Gasteiger partial charge in [-0.15, -0.1) is 0 Å². The molecule has 0 saturated heterocycles. The number of halogens is 1. The third-order valence-electron chi connectivity index (χ3n) is 5.18. The number of rotatable bonds is 2. The van der Waals surface area contributed by atoms with Crippen molar-refractivity contribution in [2.75, 3.05) is 11.9 Å². The Labute approximate surface area is 164 Å². The first kappa shape index (κ1) is 18.5. The third kappa shape index (κ3) is 3.34. The Morgan fingerprint density at radius 3 is 2.42 bits per heavy atom. The molecule has 0 radical (unpaired) electrons. The molecule has 2 nitrogen and oxygen atoms in total. The second-order valence-corrected chi connectivity index (χ2v) is 8.36. The summed E-state index contributed by atoms with van der Waals surface area (Å²) in [4.78, 5) is 2.32. The molecule has 2 aromatic rings. The second-order valence-electron chi connectivity index (χ2n) is 7.44. The average Bonchev–Trinajstić information content (AvgIpc) is 2.59. The highest BCUT2D eigenvalue weighted by Crippen LogP contribution is 2.39. The van der Waals surface area contributed by atoms with Crippen LogP contribution in [-0.2, 0) is 0 Å². The Morgan fingerprint density at radius 1 is 1.15 bits per heavy atom. The number of benzene rings is 2. The van der Waals surface area contributed by atoms with E-state index >= 15 is 0 Å². The van der Waals surface area contributed by atoms with Crippen molar-refractivity contribution < 1.29 is 0 Å². The van der Waals surface area contributed by atoms with Gasteiger partial charge in [0.2, 0.25) is 0 Å². The zero-order chi connectivity index (χ0) is 19.1. The van der Waals surface area contributed by atoms with Gasteiger partial charge in [-0.3, -0.25) is 0 Å². The number of hydrogen-bond donors (Lipinski definition) is 0. The second kappa shape index (κ2) is 6.78. The normalized spacial score (nSPS) is 16.0. The van der Waals surface area contributed by atoms with E-state index in [1.54, 1.807) is 0 Å². The van der Waals surface area contributed by atoms with Crippen molar-refractivity contribution in [2.45, 2.75) is 33.2 Å². The maximum Gasteiger partial charge on any atom is 0.0998 e. The number of nitrogens with zero attached hydrogens (tertiary/aromatic N) is 2. The smallest absolute Gasteiger partial charge is 0.0998 e. The van der Waals surface area contributed by atoms with Crippen LogP contribution in [0.15, 0.2) is 46.9 Å². The summed E-state index contributed by atoms with van der Waals surface area (Å²) in [5, 5.41) is 9.65. The van der Waals surface area contributed by atoms with Crippen molar-refractivity contribution in [3.8, 4) is 6.07 Å². The molecule has 26 heavy (non-hydrogen) atoms. The number of fused-ring (bicyclic) bond motifs is 1. The fraction of sp³-hybridized carbons (Fsp3) is 0.261. The minimum absolute atomic E-state index is 0.00385. The van der Waals surface area contributed by atoms with Gasteiger partial charge >= 0.3 is 0 Å². The lowest BCUT2D eigenvalue weighted by molar-refractivity contribution is 0.597. The molecule has 3 rings (SSSR count). The number of nitriles is 1. The van der Waals surface area contributed by atoms with Gasteiger partial charge in [0.1, 0.15) is 0 Å². The molecule has 1 heterocycles. The van der Waals surface area contributed by atoms with E-state index < -0.39 is 0 Å². The molecular weight excluding hydrogens is 384 g/mol. The maximum absolute atomic E-state index is 9.65. The molecule has 0 aromatic heterocycles. The van der Waals surface area contributed by atoms with E-state index in [2.05, 4.69) is 79.9 Å². The molecule has 0 unspecified atom stereocenters. The predicted molar refractivity (Wildman–Crippen MR) is 115 cm³/mol. The van der Waals surface area contributed by atoms with Gasteiger partial charge < -0.3 is 4.90 Å². The molecule has 1 aliphatic rings. The van der Waals surface area contributed by atoms with Gasteiger partial charge in [0, 0.05) is 22.8 Å².